The van der Waals surface area contributed by atoms with Crippen LogP contribution in [0.4, 0.5) is 22.0 Å². The van der Waals surface area contributed by atoms with Crippen molar-refractivity contribution in [1.29, 1.82) is 0 Å². The Morgan fingerprint density at radius 3 is 2.33 bits per heavy atom. The smallest absolute Gasteiger partial charge is 0.366 e. The van der Waals surface area contributed by atoms with Crippen LogP contribution >= 0.6 is 15.9 Å². The Bertz CT molecular complexity index is 475. The average Bonchev–Trinajstić information content (AvgIpc) is 2.25. The number of pyridine rings is 1. The van der Waals surface area contributed by atoms with Crippen LogP contribution < -0.4 is 5.73 Å². The summed E-state index contributed by atoms with van der Waals surface area (Å²) in [5, 5.41) is -0.210. The van der Waals surface area contributed by atoms with Crippen LogP contribution in [0, 0.1) is 0 Å². The minimum absolute atomic E-state index is 0.210. The summed E-state index contributed by atoms with van der Waals surface area (Å²) >= 11 is 2.81. The zero-order valence-electron chi connectivity index (χ0n) is 8.56. The molecule has 0 unspecified atom stereocenters. The molecule has 1 rings (SSSR count). The molecule has 0 fully saturated rings. The summed E-state index contributed by atoms with van der Waals surface area (Å²) in [6, 6.07) is 0.430. The van der Waals surface area contributed by atoms with E-state index in [1.54, 1.807) is 0 Å². The van der Waals surface area contributed by atoms with E-state index in [1.165, 1.54) is 0 Å². The maximum atomic E-state index is 12.5. The van der Waals surface area contributed by atoms with Gasteiger partial charge in [-0.25, -0.2) is 13.8 Å². The molecule has 0 saturated heterocycles. The van der Waals surface area contributed by atoms with Crippen molar-refractivity contribution >= 4 is 21.8 Å². The van der Waals surface area contributed by atoms with Crippen molar-refractivity contribution in [3.63, 3.8) is 0 Å². The van der Waals surface area contributed by atoms with Gasteiger partial charge in [-0.15, -0.1) is 0 Å². The summed E-state index contributed by atoms with van der Waals surface area (Å²) in [6.45, 7) is 0. The number of hydrogen-bond donors (Lipinski definition) is 1. The molecule has 3 nitrogen and oxygen atoms in total. The standard InChI is InChI=1S/C9H6BrF5N2O/c10-2-5-3(8(16)18)1-4(7(11)12)6(17-5)9(13,14)15/h1,7H,2H2,(H2,16,18). The molecule has 0 spiro atoms. The fraction of sp³-hybridized carbons (Fsp3) is 0.333. The Balaban J connectivity index is 3.57. The van der Waals surface area contributed by atoms with Gasteiger partial charge in [0.05, 0.1) is 11.3 Å². The van der Waals surface area contributed by atoms with Gasteiger partial charge in [-0.3, -0.25) is 4.79 Å². The van der Waals surface area contributed by atoms with Gasteiger partial charge in [0.15, 0.2) is 5.69 Å². The summed E-state index contributed by atoms with van der Waals surface area (Å²) in [6.07, 6.45) is -8.43. The first-order chi connectivity index (χ1) is 8.18. The van der Waals surface area contributed by atoms with Crippen molar-refractivity contribution in [3.05, 3.63) is 28.6 Å². The van der Waals surface area contributed by atoms with Crippen molar-refractivity contribution < 1.29 is 26.7 Å². The molecule has 0 aliphatic rings. The minimum atomic E-state index is -5.03. The van der Waals surface area contributed by atoms with Crippen molar-refractivity contribution in [2.45, 2.75) is 17.9 Å². The van der Waals surface area contributed by atoms with Gasteiger partial charge in [0.25, 0.3) is 12.3 Å². The summed E-state index contributed by atoms with van der Waals surface area (Å²) in [5.74, 6) is -1.12. The Labute approximate surface area is 106 Å². The molecule has 100 valence electrons. The molecule has 0 aromatic carbocycles. The Kier molecular flexibility index (Phi) is 4.25. The first-order valence-corrected chi connectivity index (χ1v) is 5.55. The van der Waals surface area contributed by atoms with Gasteiger partial charge in [-0.1, -0.05) is 15.9 Å². The molecule has 1 heterocycles. The van der Waals surface area contributed by atoms with Crippen LogP contribution in [0.3, 0.4) is 0 Å². The molecule has 2 N–H and O–H groups in total. The van der Waals surface area contributed by atoms with Gasteiger partial charge in [0.1, 0.15) is 0 Å². The number of carbonyl (C=O) groups excluding carboxylic acids is 1. The molecule has 0 aliphatic carbocycles. The highest BCUT2D eigenvalue weighted by molar-refractivity contribution is 9.08. The van der Waals surface area contributed by atoms with Crippen LogP contribution in [-0.2, 0) is 11.5 Å². The number of nitrogens with two attached hydrogens (primary N) is 1. The van der Waals surface area contributed by atoms with E-state index in [-0.39, 0.29) is 11.0 Å². The molecule has 1 aromatic rings. The average molecular weight is 333 g/mol. The summed E-state index contributed by atoms with van der Waals surface area (Å²) in [5.41, 5.74) is 1.02. The van der Waals surface area contributed by atoms with Crippen molar-refractivity contribution in [1.82, 2.24) is 4.98 Å². The SMILES string of the molecule is NC(=O)c1cc(C(F)F)c(C(F)(F)F)nc1CBr. The van der Waals surface area contributed by atoms with Crippen LogP contribution in [0.25, 0.3) is 0 Å². The van der Waals surface area contributed by atoms with Gasteiger partial charge in [0, 0.05) is 10.9 Å². The number of aromatic nitrogens is 1. The molecule has 0 saturated carbocycles. The number of carbonyl (C=O) groups is 1. The van der Waals surface area contributed by atoms with E-state index in [2.05, 4.69) is 20.9 Å². The van der Waals surface area contributed by atoms with Gasteiger partial charge in [0.2, 0.25) is 0 Å². The first-order valence-electron chi connectivity index (χ1n) is 4.43. The zero-order chi connectivity index (χ0) is 14.1. The second-order valence-electron chi connectivity index (χ2n) is 3.22. The number of hydrogen-bond acceptors (Lipinski definition) is 2. The topological polar surface area (TPSA) is 56.0 Å². The molecular formula is C9H6BrF5N2O. The third kappa shape index (κ3) is 2.95. The van der Waals surface area contributed by atoms with E-state index in [1.807, 2.05) is 0 Å². The molecule has 0 atom stereocenters. The lowest BCUT2D eigenvalue weighted by atomic mass is 10.1. The fourth-order valence-electron chi connectivity index (χ4n) is 1.28. The largest absolute Gasteiger partial charge is 0.433 e. The van der Waals surface area contributed by atoms with Crippen molar-refractivity contribution in [2.24, 2.45) is 5.73 Å². The van der Waals surface area contributed by atoms with Crippen LogP contribution in [0.2, 0.25) is 0 Å². The van der Waals surface area contributed by atoms with E-state index in [4.69, 9.17) is 5.73 Å². The number of alkyl halides is 6. The zero-order valence-corrected chi connectivity index (χ0v) is 10.1. The molecule has 0 bridgehead atoms. The molecule has 0 aliphatic heterocycles. The maximum absolute atomic E-state index is 12.5. The number of rotatable bonds is 3. The van der Waals surface area contributed by atoms with Crippen LogP contribution in [-0.4, -0.2) is 10.9 Å². The lowest BCUT2D eigenvalue weighted by molar-refractivity contribution is -0.143. The van der Waals surface area contributed by atoms with Crippen molar-refractivity contribution in [2.75, 3.05) is 0 Å². The highest BCUT2D eigenvalue weighted by atomic mass is 79.9. The summed E-state index contributed by atoms with van der Waals surface area (Å²) in [7, 11) is 0. The number of primary amides is 1. The predicted molar refractivity (Wildman–Crippen MR) is 55.3 cm³/mol. The van der Waals surface area contributed by atoms with E-state index >= 15 is 0 Å². The predicted octanol–water partition coefficient (Wildman–Crippen LogP) is 3.03. The summed E-state index contributed by atoms with van der Waals surface area (Å²) in [4.78, 5) is 14.0. The molecule has 9 heteroatoms. The highest BCUT2D eigenvalue weighted by Gasteiger charge is 2.38. The quantitative estimate of drug-likeness (QED) is 0.683. The second-order valence-corrected chi connectivity index (χ2v) is 3.78. The highest BCUT2D eigenvalue weighted by Crippen LogP contribution is 2.36. The molecule has 18 heavy (non-hydrogen) atoms. The fourth-order valence-corrected chi connectivity index (χ4v) is 1.70. The van der Waals surface area contributed by atoms with Gasteiger partial charge in [-0.05, 0) is 6.07 Å². The van der Waals surface area contributed by atoms with Crippen molar-refractivity contribution in [3.8, 4) is 0 Å². The second kappa shape index (κ2) is 5.17. The molecule has 1 aromatic heterocycles. The third-order valence-electron chi connectivity index (χ3n) is 2.03. The normalized spacial score (nSPS) is 11.9. The van der Waals surface area contributed by atoms with Crippen LogP contribution in [0.5, 0.6) is 0 Å². The number of halogens is 6. The maximum Gasteiger partial charge on any atom is 0.433 e. The third-order valence-corrected chi connectivity index (χ3v) is 2.56. The Morgan fingerprint density at radius 2 is 2.00 bits per heavy atom. The molecule has 0 radical (unpaired) electrons. The first kappa shape index (κ1) is 14.8. The Hall–Kier alpha value is -1.25. The number of nitrogens with zero attached hydrogens (tertiary/aromatic N) is 1. The van der Waals surface area contributed by atoms with E-state index in [0.29, 0.717) is 6.07 Å². The number of amides is 1. The summed E-state index contributed by atoms with van der Waals surface area (Å²) < 4.78 is 62.7. The van der Waals surface area contributed by atoms with Gasteiger partial charge in [-0.2, -0.15) is 13.2 Å². The van der Waals surface area contributed by atoms with E-state index in [0.717, 1.165) is 0 Å². The van der Waals surface area contributed by atoms with E-state index < -0.39 is 35.3 Å². The monoisotopic (exact) mass is 332 g/mol. The lowest BCUT2D eigenvalue weighted by Gasteiger charge is -2.14. The molecule has 1 amide bonds. The van der Waals surface area contributed by atoms with Gasteiger partial charge >= 0.3 is 6.18 Å². The van der Waals surface area contributed by atoms with Crippen LogP contribution in [0.1, 0.15) is 33.7 Å². The molecular weight excluding hydrogens is 327 g/mol. The van der Waals surface area contributed by atoms with Gasteiger partial charge < -0.3 is 5.73 Å². The lowest BCUT2D eigenvalue weighted by Crippen LogP contribution is -2.20. The van der Waals surface area contributed by atoms with Crippen LogP contribution in [0.15, 0.2) is 6.07 Å². The Morgan fingerprint density at radius 1 is 1.44 bits per heavy atom. The van der Waals surface area contributed by atoms with E-state index in [9.17, 15) is 26.7 Å². The minimum Gasteiger partial charge on any atom is -0.366 e.